The summed E-state index contributed by atoms with van der Waals surface area (Å²) in [6, 6.07) is 8.79. The third-order valence-corrected chi connectivity index (χ3v) is 4.36. The van der Waals surface area contributed by atoms with Crippen molar-refractivity contribution < 1.29 is 22.8 Å². The molecule has 1 aromatic rings. The molecule has 0 N–H and O–H groups in total. The van der Waals surface area contributed by atoms with E-state index < -0.39 is 27.8 Å². The Kier molecular flexibility index (Phi) is 4.18. The second-order valence-electron chi connectivity index (χ2n) is 4.14. The van der Waals surface area contributed by atoms with Crippen LogP contribution in [0.5, 0.6) is 0 Å². The molecule has 1 fully saturated rings. The van der Waals surface area contributed by atoms with Crippen molar-refractivity contribution in [2.75, 3.05) is 19.5 Å². The Balaban J connectivity index is 2.22. The predicted octanol–water partition coefficient (Wildman–Crippen LogP) is 0.868. The first kappa shape index (κ1) is 14.0. The average Bonchev–Trinajstić information content (AvgIpc) is 2.89. The van der Waals surface area contributed by atoms with Gasteiger partial charge in [0, 0.05) is 0 Å². The fourth-order valence-corrected chi connectivity index (χ4v) is 3.35. The highest BCUT2D eigenvalue weighted by atomic mass is 32.2. The molecule has 1 aliphatic heterocycles. The molecule has 19 heavy (non-hydrogen) atoms. The lowest BCUT2D eigenvalue weighted by molar-refractivity contribution is -0.137. The smallest absolute Gasteiger partial charge is 0.322 e. The molecule has 2 rings (SSSR count). The van der Waals surface area contributed by atoms with E-state index >= 15 is 0 Å². The third kappa shape index (κ3) is 3.12. The number of carbonyl (C=O) groups is 1. The molecule has 0 unspecified atom stereocenters. The molecule has 0 amide bonds. The standard InChI is InChI=1S/C12H15NO5S/c1-17-12(14)9-19(15,16)13-11(7-8-18-13)10-5-3-2-4-6-10/h2-6,11H,7-9H2,1H3/t11-/m0/s1. The molecule has 0 aliphatic carbocycles. The Morgan fingerprint density at radius 2 is 2.11 bits per heavy atom. The third-order valence-electron chi connectivity index (χ3n) is 2.85. The van der Waals surface area contributed by atoms with E-state index in [1.807, 2.05) is 30.3 Å². The highest BCUT2D eigenvalue weighted by Crippen LogP contribution is 2.32. The van der Waals surface area contributed by atoms with Crippen molar-refractivity contribution in [3.8, 4) is 0 Å². The van der Waals surface area contributed by atoms with Crippen LogP contribution in [0.4, 0.5) is 0 Å². The van der Waals surface area contributed by atoms with Gasteiger partial charge in [0.2, 0.25) is 10.0 Å². The van der Waals surface area contributed by atoms with Gasteiger partial charge in [-0.2, -0.15) is 0 Å². The first-order valence-electron chi connectivity index (χ1n) is 5.81. The zero-order valence-corrected chi connectivity index (χ0v) is 11.3. The number of hydroxylamine groups is 1. The van der Waals surface area contributed by atoms with Crippen LogP contribution >= 0.6 is 0 Å². The predicted molar refractivity (Wildman–Crippen MR) is 67.4 cm³/mol. The highest BCUT2D eigenvalue weighted by Gasteiger charge is 2.38. The molecule has 0 saturated carbocycles. The minimum Gasteiger partial charge on any atom is -0.468 e. The molecule has 104 valence electrons. The molecule has 1 aliphatic rings. The highest BCUT2D eigenvalue weighted by molar-refractivity contribution is 7.89. The topological polar surface area (TPSA) is 72.9 Å². The van der Waals surface area contributed by atoms with Gasteiger partial charge in [0.25, 0.3) is 0 Å². The van der Waals surface area contributed by atoms with Crippen LogP contribution in [0.25, 0.3) is 0 Å². The molecule has 1 atom stereocenters. The summed E-state index contributed by atoms with van der Waals surface area (Å²) in [6.45, 7) is 0.306. The van der Waals surface area contributed by atoms with E-state index in [-0.39, 0.29) is 0 Å². The van der Waals surface area contributed by atoms with Gasteiger partial charge < -0.3 is 4.74 Å². The number of ether oxygens (including phenoxy) is 1. The maximum Gasteiger partial charge on any atom is 0.322 e. The fraction of sp³-hybridized carbons (Fsp3) is 0.417. The van der Waals surface area contributed by atoms with Crippen LogP contribution in [-0.2, 0) is 24.4 Å². The van der Waals surface area contributed by atoms with Gasteiger partial charge in [-0.05, 0) is 12.0 Å². The molecule has 1 aromatic carbocycles. The van der Waals surface area contributed by atoms with Gasteiger partial charge in [0.1, 0.15) is 0 Å². The summed E-state index contributed by atoms with van der Waals surface area (Å²) < 4.78 is 29.5. The van der Waals surface area contributed by atoms with Crippen molar-refractivity contribution in [1.82, 2.24) is 4.47 Å². The molecular formula is C12H15NO5S. The van der Waals surface area contributed by atoms with E-state index in [0.29, 0.717) is 13.0 Å². The van der Waals surface area contributed by atoms with E-state index in [9.17, 15) is 13.2 Å². The lowest BCUT2D eigenvalue weighted by atomic mass is 10.1. The number of hydrogen-bond acceptors (Lipinski definition) is 5. The summed E-state index contributed by atoms with van der Waals surface area (Å²) in [5.74, 6) is -1.52. The molecule has 0 aromatic heterocycles. The zero-order valence-electron chi connectivity index (χ0n) is 10.5. The maximum atomic E-state index is 12.1. The molecule has 7 heteroatoms. The molecule has 0 spiro atoms. The summed E-state index contributed by atoms with van der Waals surface area (Å²) in [4.78, 5) is 16.3. The van der Waals surface area contributed by atoms with Crippen LogP contribution < -0.4 is 0 Å². The van der Waals surface area contributed by atoms with Crippen molar-refractivity contribution in [3.63, 3.8) is 0 Å². The fourth-order valence-electron chi connectivity index (χ4n) is 1.96. The van der Waals surface area contributed by atoms with E-state index in [1.165, 1.54) is 0 Å². The van der Waals surface area contributed by atoms with E-state index in [1.54, 1.807) is 0 Å². The Morgan fingerprint density at radius 1 is 1.42 bits per heavy atom. The minimum absolute atomic E-state index is 0.306. The summed E-state index contributed by atoms with van der Waals surface area (Å²) in [6.07, 6.45) is 0.560. The summed E-state index contributed by atoms with van der Waals surface area (Å²) in [7, 11) is -2.68. The van der Waals surface area contributed by atoms with Gasteiger partial charge in [-0.3, -0.25) is 9.63 Å². The number of sulfonamides is 1. The summed E-state index contributed by atoms with van der Waals surface area (Å²) >= 11 is 0. The van der Waals surface area contributed by atoms with Gasteiger partial charge in [-0.25, -0.2) is 8.42 Å². The number of esters is 1. The number of hydrogen-bond donors (Lipinski definition) is 0. The number of methoxy groups -OCH3 is 1. The Morgan fingerprint density at radius 3 is 2.74 bits per heavy atom. The van der Waals surface area contributed by atoms with Crippen LogP contribution in [0.3, 0.4) is 0 Å². The second kappa shape index (κ2) is 5.68. The number of benzene rings is 1. The van der Waals surface area contributed by atoms with E-state index in [2.05, 4.69) is 4.74 Å². The van der Waals surface area contributed by atoms with Crippen molar-refractivity contribution in [2.45, 2.75) is 12.5 Å². The monoisotopic (exact) mass is 285 g/mol. The van der Waals surface area contributed by atoms with Crippen LogP contribution in [0.2, 0.25) is 0 Å². The van der Waals surface area contributed by atoms with Crippen molar-refractivity contribution >= 4 is 16.0 Å². The van der Waals surface area contributed by atoms with Crippen molar-refractivity contribution in [3.05, 3.63) is 35.9 Å². The van der Waals surface area contributed by atoms with Gasteiger partial charge in [0.05, 0.1) is 19.8 Å². The normalized spacial score (nSPS) is 20.4. The zero-order chi connectivity index (χ0) is 13.9. The number of nitrogens with zero attached hydrogens (tertiary/aromatic N) is 1. The van der Waals surface area contributed by atoms with Crippen LogP contribution in [0.1, 0.15) is 18.0 Å². The lowest BCUT2D eigenvalue weighted by Gasteiger charge is -2.21. The van der Waals surface area contributed by atoms with Gasteiger partial charge in [0.15, 0.2) is 5.75 Å². The minimum atomic E-state index is -3.83. The second-order valence-corrected chi connectivity index (χ2v) is 5.95. The Labute approximate surface area is 111 Å². The van der Waals surface area contributed by atoms with Crippen LogP contribution in [0, 0.1) is 0 Å². The SMILES string of the molecule is COC(=O)CS(=O)(=O)N1OCC[C@H]1c1ccccc1. The average molecular weight is 285 g/mol. The first-order valence-corrected chi connectivity index (χ1v) is 7.42. The number of carbonyl (C=O) groups excluding carboxylic acids is 1. The Bertz CT molecular complexity index is 542. The largest absolute Gasteiger partial charge is 0.468 e. The maximum absolute atomic E-state index is 12.1. The molecule has 0 radical (unpaired) electrons. The quantitative estimate of drug-likeness (QED) is 0.767. The number of rotatable bonds is 4. The van der Waals surface area contributed by atoms with Gasteiger partial charge in [-0.15, -0.1) is 0 Å². The molecule has 0 bridgehead atoms. The lowest BCUT2D eigenvalue weighted by Crippen LogP contribution is -2.34. The van der Waals surface area contributed by atoms with Crippen LogP contribution in [0.15, 0.2) is 30.3 Å². The van der Waals surface area contributed by atoms with E-state index in [0.717, 1.165) is 17.1 Å². The molecule has 1 saturated heterocycles. The molecule has 1 heterocycles. The van der Waals surface area contributed by atoms with Crippen molar-refractivity contribution in [2.24, 2.45) is 0 Å². The van der Waals surface area contributed by atoms with Gasteiger partial charge in [-0.1, -0.05) is 34.8 Å². The molecular weight excluding hydrogens is 270 g/mol. The summed E-state index contributed by atoms with van der Waals surface area (Å²) in [5, 5.41) is 0. The van der Waals surface area contributed by atoms with Crippen LogP contribution in [-0.4, -0.2) is 38.3 Å². The van der Waals surface area contributed by atoms with E-state index in [4.69, 9.17) is 4.84 Å². The Hall–Kier alpha value is -1.44. The van der Waals surface area contributed by atoms with Crippen molar-refractivity contribution in [1.29, 1.82) is 0 Å². The van der Waals surface area contributed by atoms with Gasteiger partial charge >= 0.3 is 5.97 Å². The summed E-state index contributed by atoms with van der Waals surface area (Å²) in [5.41, 5.74) is 0.841. The molecule has 6 nitrogen and oxygen atoms in total. The first-order chi connectivity index (χ1) is 9.04.